The molecule has 2 N–H and O–H groups in total. The van der Waals surface area contributed by atoms with Crippen LogP contribution in [0.4, 0.5) is 22.2 Å². The number of aryl methyl sites for hydroxylation is 1. The van der Waals surface area contributed by atoms with E-state index in [1.165, 1.54) is 0 Å². The van der Waals surface area contributed by atoms with E-state index in [4.69, 9.17) is 11.6 Å². The number of carbonyl (C=O) groups is 1. The van der Waals surface area contributed by atoms with Crippen LogP contribution in [0.2, 0.25) is 5.02 Å². The number of likely N-dealkylation sites (tertiary alicyclic amines) is 1. The minimum Gasteiger partial charge on any atom is -0.369 e. The summed E-state index contributed by atoms with van der Waals surface area (Å²) in [7, 11) is 4.00. The number of amides is 2. The number of carbonyl (C=O) groups excluding carboxylic acids is 1. The zero-order valence-corrected chi connectivity index (χ0v) is 20.5. The molecule has 2 aromatic heterocycles. The highest BCUT2D eigenvalue weighted by Gasteiger charge is 2.23. The molecule has 1 atom stereocenters. The Morgan fingerprint density at radius 1 is 1.21 bits per heavy atom. The molecule has 1 unspecified atom stereocenters. The van der Waals surface area contributed by atoms with Crippen LogP contribution in [0.25, 0.3) is 0 Å². The van der Waals surface area contributed by atoms with Crippen LogP contribution in [0.5, 0.6) is 0 Å². The predicted molar refractivity (Wildman–Crippen MR) is 130 cm³/mol. The van der Waals surface area contributed by atoms with Crippen LogP contribution >= 0.6 is 11.6 Å². The van der Waals surface area contributed by atoms with Crippen LogP contribution in [-0.2, 0) is 0 Å². The first kappa shape index (κ1) is 23.6. The summed E-state index contributed by atoms with van der Waals surface area (Å²) in [6.07, 6.45) is 7.63. The summed E-state index contributed by atoms with van der Waals surface area (Å²) >= 11 is 6.32. The molecule has 11 heteroatoms. The number of aromatic nitrogens is 4. The van der Waals surface area contributed by atoms with Gasteiger partial charge in [0.1, 0.15) is 10.8 Å². The second-order valence-electron chi connectivity index (χ2n) is 9.01. The van der Waals surface area contributed by atoms with E-state index in [1.807, 2.05) is 29.7 Å². The van der Waals surface area contributed by atoms with Gasteiger partial charge in [0.2, 0.25) is 5.95 Å². The lowest BCUT2D eigenvalue weighted by Gasteiger charge is -2.24. The van der Waals surface area contributed by atoms with Gasteiger partial charge in [0.25, 0.3) is 0 Å². The third-order valence-corrected chi connectivity index (χ3v) is 6.59. The maximum atomic E-state index is 12.4. The van der Waals surface area contributed by atoms with E-state index in [0.29, 0.717) is 35.9 Å². The summed E-state index contributed by atoms with van der Waals surface area (Å²) in [6, 6.07) is 0.503. The summed E-state index contributed by atoms with van der Waals surface area (Å²) in [5.41, 5.74) is 1.80. The Hall–Kier alpha value is -2.59. The molecule has 33 heavy (non-hydrogen) atoms. The average molecular weight is 476 g/mol. The summed E-state index contributed by atoms with van der Waals surface area (Å²) in [5, 5.41) is 11.7. The average Bonchev–Trinajstić information content (AvgIpc) is 3.34. The van der Waals surface area contributed by atoms with Gasteiger partial charge in [-0.05, 0) is 46.2 Å². The zero-order chi connectivity index (χ0) is 23.4. The van der Waals surface area contributed by atoms with Gasteiger partial charge in [0.15, 0.2) is 0 Å². The smallest absolute Gasteiger partial charge is 0.319 e. The van der Waals surface area contributed by atoms with Crippen LogP contribution in [-0.4, -0.2) is 93.8 Å². The minimum atomic E-state index is 0.110. The first-order valence-electron chi connectivity index (χ1n) is 11.7. The number of nitrogens with zero attached hydrogens (tertiary/aromatic N) is 7. The van der Waals surface area contributed by atoms with Crippen molar-refractivity contribution in [3.63, 3.8) is 0 Å². The predicted octanol–water partition coefficient (Wildman–Crippen LogP) is 3.20. The minimum absolute atomic E-state index is 0.110. The fourth-order valence-corrected chi connectivity index (χ4v) is 4.52. The van der Waals surface area contributed by atoms with Crippen molar-refractivity contribution in [1.82, 2.24) is 34.4 Å². The number of anilines is 3. The molecule has 2 aromatic rings. The van der Waals surface area contributed by atoms with Crippen LogP contribution < -0.4 is 10.6 Å². The van der Waals surface area contributed by atoms with Gasteiger partial charge >= 0.3 is 6.03 Å². The maximum absolute atomic E-state index is 12.4. The molecule has 0 saturated carbocycles. The van der Waals surface area contributed by atoms with E-state index in [9.17, 15) is 4.79 Å². The SMILES string of the molecule is Cc1nn(C2CCN(C)C2)cc1Nc1ncc(Cl)c(NCCCN2CCCCN(C)C2=O)n1. The fourth-order valence-electron chi connectivity index (χ4n) is 4.36. The van der Waals surface area contributed by atoms with E-state index in [1.54, 1.807) is 11.1 Å². The lowest BCUT2D eigenvalue weighted by Crippen LogP contribution is -2.40. The Morgan fingerprint density at radius 2 is 2.03 bits per heavy atom. The van der Waals surface area contributed by atoms with Crippen molar-refractivity contribution in [3.8, 4) is 0 Å². The van der Waals surface area contributed by atoms with Gasteiger partial charge < -0.3 is 25.3 Å². The number of nitrogens with one attached hydrogen (secondary N) is 2. The lowest BCUT2D eigenvalue weighted by atomic mass is 10.3. The molecular weight excluding hydrogens is 442 g/mol. The van der Waals surface area contributed by atoms with Gasteiger partial charge in [-0.1, -0.05) is 11.6 Å². The van der Waals surface area contributed by atoms with Gasteiger partial charge in [-0.2, -0.15) is 10.1 Å². The molecule has 10 nitrogen and oxygen atoms in total. The van der Waals surface area contributed by atoms with Gasteiger partial charge in [-0.15, -0.1) is 0 Å². The number of halogens is 1. The molecule has 2 saturated heterocycles. The van der Waals surface area contributed by atoms with Crippen LogP contribution in [0, 0.1) is 6.92 Å². The zero-order valence-electron chi connectivity index (χ0n) is 19.7. The number of hydrogen-bond acceptors (Lipinski definition) is 7. The highest BCUT2D eigenvalue weighted by atomic mass is 35.5. The Kier molecular flexibility index (Phi) is 7.54. The third-order valence-electron chi connectivity index (χ3n) is 6.31. The van der Waals surface area contributed by atoms with E-state index < -0.39 is 0 Å². The van der Waals surface area contributed by atoms with E-state index in [0.717, 1.165) is 63.2 Å². The van der Waals surface area contributed by atoms with Crippen molar-refractivity contribution in [1.29, 1.82) is 0 Å². The highest BCUT2D eigenvalue weighted by molar-refractivity contribution is 6.32. The summed E-state index contributed by atoms with van der Waals surface area (Å²) in [5.74, 6) is 1.05. The summed E-state index contributed by atoms with van der Waals surface area (Å²) in [4.78, 5) is 27.3. The van der Waals surface area contributed by atoms with Crippen LogP contribution in [0.1, 0.15) is 37.4 Å². The normalized spacial score (nSPS) is 19.8. The van der Waals surface area contributed by atoms with E-state index in [2.05, 4.69) is 37.6 Å². The molecule has 0 bridgehead atoms. The topological polar surface area (TPSA) is 94.5 Å². The first-order chi connectivity index (χ1) is 15.9. The van der Waals surface area contributed by atoms with Gasteiger partial charge in [-0.25, -0.2) is 9.78 Å². The van der Waals surface area contributed by atoms with Crippen LogP contribution in [0.15, 0.2) is 12.4 Å². The Bertz CT molecular complexity index is 965. The van der Waals surface area contributed by atoms with E-state index in [-0.39, 0.29) is 6.03 Å². The molecule has 4 rings (SSSR count). The van der Waals surface area contributed by atoms with Crippen molar-refractivity contribution in [3.05, 3.63) is 23.1 Å². The molecule has 0 aliphatic carbocycles. The number of hydrogen-bond donors (Lipinski definition) is 2. The molecule has 0 spiro atoms. The number of urea groups is 1. The molecular formula is C22H34ClN9O. The van der Waals surface area contributed by atoms with Gasteiger partial charge in [-0.3, -0.25) is 4.68 Å². The molecule has 2 aliphatic rings. The summed E-state index contributed by atoms with van der Waals surface area (Å²) < 4.78 is 2.04. The lowest BCUT2D eigenvalue weighted by molar-refractivity contribution is 0.172. The van der Waals surface area contributed by atoms with Crippen molar-refractivity contribution in [2.24, 2.45) is 0 Å². The second kappa shape index (κ2) is 10.6. The van der Waals surface area contributed by atoms with Crippen molar-refractivity contribution in [2.75, 3.05) is 64.0 Å². The maximum Gasteiger partial charge on any atom is 0.319 e. The molecule has 2 fully saturated rings. The standard InChI is InChI=1S/C22H34ClN9O/c1-16-19(15-32(28-16)17-7-12-29(2)14-17)26-21-25-13-18(23)20(27-21)24-8-6-11-31-10-5-4-9-30(3)22(31)33/h13,15,17H,4-12,14H2,1-3H3,(H2,24,25,26,27). The highest BCUT2D eigenvalue weighted by Crippen LogP contribution is 2.26. The first-order valence-corrected chi connectivity index (χ1v) is 12.1. The van der Waals surface area contributed by atoms with Crippen molar-refractivity contribution in [2.45, 2.75) is 38.6 Å². The molecule has 0 radical (unpaired) electrons. The van der Waals surface area contributed by atoms with Gasteiger partial charge in [0, 0.05) is 46.0 Å². The van der Waals surface area contributed by atoms with Crippen LogP contribution in [0.3, 0.4) is 0 Å². The Morgan fingerprint density at radius 3 is 2.82 bits per heavy atom. The summed E-state index contributed by atoms with van der Waals surface area (Å²) in [6.45, 7) is 7.09. The largest absolute Gasteiger partial charge is 0.369 e. The Balaban J connectivity index is 1.32. The number of rotatable bonds is 8. The number of likely N-dealkylation sites (N-methyl/N-ethyl adjacent to an activating group) is 1. The quantitative estimate of drug-likeness (QED) is 0.566. The Labute approximate surface area is 200 Å². The molecule has 0 aromatic carbocycles. The second-order valence-corrected chi connectivity index (χ2v) is 9.41. The third kappa shape index (κ3) is 5.86. The fraction of sp³-hybridized carbons (Fsp3) is 0.636. The molecule has 180 valence electrons. The van der Waals surface area contributed by atoms with E-state index >= 15 is 0 Å². The van der Waals surface area contributed by atoms with Crippen molar-refractivity contribution < 1.29 is 4.79 Å². The molecule has 4 heterocycles. The molecule has 2 aliphatic heterocycles. The van der Waals surface area contributed by atoms with Crippen molar-refractivity contribution >= 4 is 35.1 Å². The van der Waals surface area contributed by atoms with Gasteiger partial charge in [0.05, 0.1) is 23.6 Å². The molecule has 2 amide bonds. The monoisotopic (exact) mass is 475 g/mol.